The van der Waals surface area contributed by atoms with E-state index in [0.717, 1.165) is 50.3 Å². The Labute approximate surface area is 319 Å². The number of fused-ring (bicyclic) bond motifs is 7. The number of benzene rings is 6. The summed E-state index contributed by atoms with van der Waals surface area (Å²) in [6.07, 6.45) is 0. The van der Waals surface area contributed by atoms with Crippen molar-refractivity contribution in [2.45, 2.75) is 78.6 Å². The van der Waals surface area contributed by atoms with Crippen LogP contribution in [0.3, 0.4) is 0 Å². The molecule has 5 heteroatoms. The standard InChI is InChI=1S/C48H46BNO2S/c1-46(2,3)29-17-22-32(23-18-29)50(33-24-19-30(20-25-33)47(4,5)6)44-42-34-13-10-11-16-40(34)53-41(42)28-36-45(44)52-39-15-12-14-38-43(39)49(36)35-27-31(48(7,8)9)21-26-37(35)51-38/h10-28H,1-9H3/i12D. The predicted molar refractivity (Wildman–Crippen MR) is 228 cm³/mol. The Bertz CT molecular complexity index is 2560. The molecule has 6 aromatic carbocycles. The number of hydrogen-bond acceptors (Lipinski definition) is 4. The van der Waals surface area contributed by atoms with Gasteiger partial charge in [0.1, 0.15) is 23.0 Å². The second-order valence-electron chi connectivity index (χ2n) is 17.8. The maximum absolute atomic E-state index is 8.85. The molecule has 0 saturated heterocycles. The van der Waals surface area contributed by atoms with Crippen molar-refractivity contribution in [3.8, 4) is 23.0 Å². The third-order valence-corrected chi connectivity index (χ3v) is 12.1. The summed E-state index contributed by atoms with van der Waals surface area (Å²) in [5.74, 6) is 3.01. The second-order valence-corrected chi connectivity index (χ2v) is 18.9. The fourth-order valence-corrected chi connectivity index (χ4v) is 9.15. The summed E-state index contributed by atoms with van der Waals surface area (Å²) in [6.45, 7) is 20.2. The lowest BCUT2D eigenvalue weighted by Crippen LogP contribution is -2.57. The van der Waals surface area contributed by atoms with Gasteiger partial charge in [0.2, 0.25) is 0 Å². The molecule has 0 saturated carbocycles. The van der Waals surface area contributed by atoms with Crippen molar-refractivity contribution >= 4 is 71.7 Å². The minimum Gasteiger partial charge on any atom is -0.458 e. The molecule has 53 heavy (non-hydrogen) atoms. The van der Waals surface area contributed by atoms with E-state index in [1.807, 2.05) is 23.5 Å². The van der Waals surface area contributed by atoms with E-state index in [9.17, 15) is 0 Å². The molecule has 0 fully saturated rings. The quantitative estimate of drug-likeness (QED) is 0.170. The van der Waals surface area contributed by atoms with Gasteiger partial charge in [-0.1, -0.05) is 123 Å². The van der Waals surface area contributed by atoms with Crippen LogP contribution >= 0.6 is 11.3 Å². The molecular formula is C48H46BNO2S. The van der Waals surface area contributed by atoms with Gasteiger partial charge in [0.05, 0.1) is 7.06 Å². The molecule has 1 aromatic heterocycles. The summed E-state index contributed by atoms with van der Waals surface area (Å²) in [6, 6.07) is 39.9. The van der Waals surface area contributed by atoms with E-state index in [1.54, 1.807) is 0 Å². The summed E-state index contributed by atoms with van der Waals surface area (Å²) in [7, 11) is 0. The first-order valence-electron chi connectivity index (χ1n) is 19.2. The third-order valence-electron chi connectivity index (χ3n) is 11.0. The molecule has 0 aliphatic carbocycles. The van der Waals surface area contributed by atoms with Crippen LogP contribution in [0.5, 0.6) is 23.0 Å². The molecule has 0 N–H and O–H groups in total. The van der Waals surface area contributed by atoms with Crippen LogP contribution < -0.4 is 30.8 Å². The highest BCUT2D eigenvalue weighted by Crippen LogP contribution is 2.51. The van der Waals surface area contributed by atoms with E-state index in [2.05, 4.69) is 164 Å². The molecule has 9 rings (SSSR count). The lowest BCUT2D eigenvalue weighted by atomic mass is 9.34. The van der Waals surface area contributed by atoms with Gasteiger partial charge >= 0.3 is 0 Å². The number of thiophene rings is 1. The Hall–Kier alpha value is -5.00. The molecule has 264 valence electrons. The van der Waals surface area contributed by atoms with Crippen LogP contribution in [0.1, 0.15) is 80.4 Å². The van der Waals surface area contributed by atoms with Crippen molar-refractivity contribution in [3.63, 3.8) is 0 Å². The van der Waals surface area contributed by atoms with Gasteiger partial charge in [0.15, 0.2) is 0 Å². The summed E-state index contributed by atoms with van der Waals surface area (Å²) < 4.78 is 25.1. The Balaban J connectivity index is 1.40. The van der Waals surface area contributed by atoms with Crippen molar-refractivity contribution in [2.24, 2.45) is 0 Å². The van der Waals surface area contributed by atoms with E-state index >= 15 is 0 Å². The molecule has 0 amide bonds. The SMILES string of the molecule is [2H]c1cc2c3c(c1)Oc1c(cc4sc5ccccc5c4c1N(c1ccc(C(C)(C)C)cc1)c1ccc(C(C)(C)C)cc1)B3c1cc(C(C)(C)C)ccc1O2. The van der Waals surface area contributed by atoms with Gasteiger partial charge in [0.25, 0.3) is 6.71 Å². The average molecular weight is 713 g/mol. The van der Waals surface area contributed by atoms with Gasteiger partial charge in [-0.25, -0.2) is 0 Å². The third kappa shape index (κ3) is 5.55. The second kappa shape index (κ2) is 11.8. The maximum atomic E-state index is 8.85. The summed E-state index contributed by atoms with van der Waals surface area (Å²) in [5.41, 5.74) is 10.1. The molecule has 0 atom stereocenters. The van der Waals surface area contributed by atoms with Gasteiger partial charge < -0.3 is 14.4 Å². The average Bonchev–Trinajstić information content (AvgIpc) is 3.48. The Morgan fingerprint density at radius 3 is 1.74 bits per heavy atom. The van der Waals surface area contributed by atoms with Crippen LogP contribution in [0.2, 0.25) is 0 Å². The van der Waals surface area contributed by atoms with Crippen LogP contribution in [0.4, 0.5) is 17.1 Å². The number of rotatable bonds is 3. The van der Waals surface area contributed by atoms with Crippen molar-refractivity contribution < 1.29 is 10.8 Å². The summed E-state index contributed by atoms with van der Waals surface area (Å²) in [5, 5.41) is 2.36. The largest absolute Gasteiger partial charge is 0.458 e. The highest BCUT2D eigenvalue weighted by atomic mass is 32.1. The number of anilines is 3. The van der Waals surface area contributed by atoms with Crippen LogP contribution in [0.15, 0.2) is 115 Å². The van der Waals surface area contributed by atoms with Crippen molar-refractivity contribution in [1.82, 2.24) is 0 Å². The van der Waals surface area contributed by atoms with Gasteiger partial charge in [-0.15, -0.1) is 11.3 Å². The zero-order valence-corrected chi connectivity index (χ0v) is 33.0. The minimum atomic E-state index is -0.146. The summed E-state index contributed by atoms with van der Waals surface area (Å²) >= 11 is 1.83. The van der Waals surface area contributed by atoms with Crippen molar-refractivity contribution in [1.29, 1.82) is 0 Å². The number of hydrogen-bond donors (Lipinski definition) is 0. The van der Waals surface area contributed by atoms with Gasteiger partial charge in [-0.2, -0.15) is 0 Å². The molecule has 0 unspecified atom stereocenters. The Morgan fingerprint density at radius 2 is 1.13 bits per heavy atom. The van der Waals surface area contributed by atoms with E-state index in [-0.39, 0.29) is 23.0 Å². The van der Waals surface area contributed by atoms with Crippen LogP contribution in [-0.2, 0) is 16.2 Å². The first kappa shape index (κ1) is 32.6. The molecule has 7 aromatic rings. The van der Waals surface area contributed by atoms with Crippen LogP contribution in [0.25, 0.3) is 20.2 Å². The Kier molecular flexibility index (Phi) is 7.24. The first-order valence-corrected chi connectivity index (χ1v) is 19.5. The van der Waals surface area contributed by atoms with Crippen LogP contribution in [0, 0.1) is 0 Å². The topological polar surface area (TPSA) is 21.7 Å². The lowest BCUT2D eigenvalue weighted by molar-refractivity contribution is 0.465. The van der Waals surface area contributed by atoms with Crippen molar-refractivity contribution in [3.05, 3.63) is 132 Å². The minimum absolute atomic E-state index is 0.0152. The fraction of sp³-hybridized carbons (Fsp3) is 0.250. The summed E-state index contributed by atoms with van der Waals surface area (Å²) in [4.78, 5) is 2.40. The smallest absolute Gasteiger partial charge is 0.260 e. The van der Waals surface area contributed by atoms with E-state index in [0.29, 0.717) is 17.5 Å². The predicted octanol–water partition coefficient (Wildman–Crippen LogP) is 12.1. The van der Waals surface area contributed by atoms with E-state index in [4.69, 9.17) is 10.8 Å². The molecular weight excluding hydrogens is 665 g/mol. The van der Waals surface area contributed by atoms with Crippen LogP contribution in [-0.4, -0.2) is 6.71 Å². The molecule has 3 heterocycles. The molecule has 0 spiro atoms. The number of ether oxygens (including phenoxy) is 2. The van der Waals surface area contributed by atoms with Gasteiger partial charge in [0, 0.05) is 37.0 Å². The molecule has 0 radical (unpaired) electrons. The molecule has 0 bridgehead atoms. The van der Waals surface area contributed by atoms with Crippen molar-refractivity contribution in [2.75, 3.05) is 4.90 Å². The first-order chi connectivity index (χ1) is 25.6. The Morgan fingerprint density at radius 1 is 0.566 bits per heavy atom. The molecule has 2 aliphatic rings. The number of nitrogens with zero attached hydrogens (tertiary/aromatic N) is 1. The highest BCUT2D eigenvalue weighted by molar-refractivity contribution is 7.26. The highest BCUT2D eigenvalue weighted by Gasteiger charge is 2.43. The monoisotopic (exact) mass is 712 g/mol. The van der Waals surface area contributed by atoms with Gasteiger partial charge in [-0.3, -0.25) is 0 Å². The fourth-order valence-electron chi connectivity index (χ4n) is 7.99. The lowest BCUT2D eigenvalue weighted by Gasteiger charge is -2.37. The molecule has 3 nitrogen and oxygen atoms in total. The maximum Gasteiger partial charge on any atom is 0.260 e. The van der Waals surface area contributed by atoms with E-state index < -0.39 is 0 Å². The van der Waals surface area contributed by atoms with E-state index in [1.165, 1.54) is 31.5 Å². The van der Waals surface area contributed by atoms with Gasteiger partial charge in [-0.05, 0) is 98.5 Å². The molecule has 2 aliphatic heterocycles. The zero-order chi connectivity index (χ0) is 37.9. The zero-order valence-electron chi connectivity index (χ0n) is 33.1. The normalized spacial score (nSPS) is 13.9.